The zero-order valence-electron chi connectivity index (χ0n) is 20.6. The van der Waals surface area contributed by atoms with Gasteiger partial charge in [0.15, 0.2) is 0 Å². The van der Waals surface area contributed by atoms with Crippen LogP contribution < -0.4 is 10.2 Å². The van der Waals surface area contributed by atoms with Crippen LogP contribution in [0.25, 0.3) is 10.9 Å². The maximum atomic E-state index is 14.6. The molecule has 1 aliphatic rings. The van der Waals surface area contributed by atoms with Crippen molar-refractivity contribution < 1.29 is 23.6 Å². The highest BCUT2D eigenvalue weighted by atomic mass is 19.1. The number of amides is 4. The predicted molar refractivity (Wildman–Crippen MR) is 141 cm³/mol. The van der Waals surface area contributed by atoms with E-state index in [0.717, 1.165) is 21.4 Å². The SMILES string of the molecule is CC(=O)Nc1ccc(N2C(=O)CC(N(CCc3c[nH]c4ccccc34)C(=O)c3ccccc3F)C2=O)cc1. The quantitative estimate of drug-likeness (QED) is 0.361. The van der Waals surface area contributed by atoms with Crippen molar-refractivity contribution in [3.05, 3.63) is 95.9 Å². The van der Waals surface area contributed by atoms with Crippen LogP contribution in [0.2, 0.25) is 0 Å². The Labute approximate surface area is 218 Å². The third kappa shape index (κ3) is 4.78. The number of imide groups is 1. The summed E-state index contributed by atoms with van der Waals surface area (Å²) in [6.45, 7) is 1.48. The summed E-state index contributed by atoms with van der Waals surface area (Å²) in [4.78, 5) is 57.0. The molecule has 3 aromatic carbocycles. The number of para-hydroxylation sites is 1. The number of hydrogen-bond donors (Lipinski definition) is 2. The first-order valence-electron chi connectivity index (χ1n) is 12.2. The van der Waals surface area contributed by atoms with Crippen molar-refractivity contribution >= 4 is 45.9 Å². The van der Waals surface area contributed by atoms with Crippen molar-refractivity contribution in [1.29, 1.82) is 0 Å². The lowest BCUT2D eigenvalue weighted by molar-refractivity contribution is -0.122. The van der Waals surface area contributed by atoms with Gasteiger partial charge in [-0.15, -0.1) is 0 Å². The Morgan fingerprint density at radius 1 is 1.03 bits per heavy atom. The Morgan fingerprint density at radius 2 is 1.74 bits per heavy atom. The van der Waals surface area contributed by atoms with Crippen molar-refractivity contribution in [3.8, 4) is 0 Å². The van der Waals surface area contributed by atoms with Gasteiger partial charge in [-0.05, 0) is 54.4 Å². The van der Waals surface area contributed by atoms with Gasteiger partial charge in [0.1, 0.15) is 11.9 Å². The number of nitrogens with one attached hydrogen (secondary N) is 2. The first-order valence-corrected chi connectivity index (χ1v) is 12.2. The van der Waals surface area contributed by atoms with Gasteiger partial charge in [-0.25, -0.2) is 9.29 Å². The molecule has 4 amide bonds. The summed E-state index contributed by atoms with van der Waals surface area (Å²) in [7, 11) is 0. The lowest BCUT2D eigenvalue weighted by Gasteiger charge is -2.28. The van der Waals surface area contributed by atoms with Gasteiger partial charge in [-0.3, -0.25) is 19.2 Å². The minimum Gasteiger partial charge on any atom is -0.361 e. The molecule has 1 saturated heterocycles. The third-order valence-corrected chi connectivity index (χ3v) is 6.61. The van der Waals surface area contributed by atoms with Crippen LogP contribution >= 0.6 is 0 Å². The number of rotatable bonds is 7. The molecule has 0 saturated carbocycles. The van der Waals surface area contributed by atoms with Gasteiger partial charge in [0.05, 0.1) is 17.7 Å². The lowest BCUT2D eigenvalue weighted by atomic mass is 10.1. The fourth-order valence-corrected chi connectivity index (χ4v) is 4.80. The van der Waals surface area contributed by atoms with Crippen LogP contribution in [0, 0.1) is 5.82 Å². The van der Waals surface area contributed by atoms with E-state index in [9.17, 15) is 23.6 Å². The number of carbonyl (C=O) groups is 4. The van der Waals surface area contributed by atoms with Crippen LogP contribution in [-0.2, 0) is 20.8 Å². The van der Waals surface area contributed by atoms with Crippen LogP contribution in [-0.4, -0.2) is 46.1 Å². The Hall–Kier alpha value is -4.79. The molecule has 1 fully saturated rings. The maximum absolute atomic E-state index is 14.6. The number of fused-ring (bicyclic) bond motifs is 1. The van der Waals surface area contributed by atoms with Crippen LogP contribution in [0.5, 0.6) is 0 Å². The second-order valence-electron chi connectivity index (χ2n) is 9.10. The van der Waals surface area contributed by atoms with Crippen LogP contribution in [0.15, 0.2) is 79.0 Å². The Kier molecular flexibility index (Phi) is 6.74. The normalized spacial score (nSPS) is 15.2. The molecule has 192 valence electrons. The molecular formula is C29H25FN4O4. The van der Waals surface area contributed by atoms with Gasteiger partial charge in [-0.2, -0.15) is 0 Å². The highest BCUT2D eigenvalue weighted by molar-refractivity contribution is 6.23. The number of halogens is 1. The van der Waals surface area contributed by atoms with Crippen LogP contribution in [0.4, 0.5) is 15.8 Å². The number of carbonyl (C=O) groups excluding carboxylic acids is 4. The van der Waals surface area contributed by atoms with Crippen LogP contribution in [0.1, 0.15) is 29.3 Å². The molecule has 0 spiro atoms. The lowest BCUT2D eigenvalue weighted by Crippen LogP contribution is -2.46. The average Bonchev–Trinajstić information content (AvgIpc) is 3.44. The number of hydrogen-bond acceptors (Lipinski definition) is 4. The van der Waals surface area contributed by atoms with Crippen molar-refractivity contribution in [1.82, 2.24) is 9.88 Å². The van der Waals surface area contributed by atoms with Gasteiger partial charge >= 0.3 is 0 Å². The van der Waals surface area contributed by atoms with E-state index in [1.807, 2.05) is 30.5 Å². The minimum atomic E-state index is -1.09. The van der Waals surface area contributed by atoms with Crippen molar-refractivity contribution in [3.63, 3.8) is 0 Å². The summed E-state index contributed by atoms with van der Waals surface area (Å²) in [6.07, 6.45) is 2.02. The van der Waals surface area contributed by atoms with E-state index >= 15 is 0 Å². The second kappa shape index (κ2) is 10.3. The zero-order valence-corrected chi connectivity index (χ0v) is 20.6. The van der Waals surface area contributed by atoms with Gasteiger partial charge in [-0.1, -0.05) is 30.3 Å². The molecule has 5 rings (SSSR count). The first kappa shape index (κ1) is 24.9. The molecule has 1 aliphatic heterocycles. The van der Waals surface area contributed by atoms with Crippen molar-refractivity contribution in [2.45, 2.75) is 25.8 Å². The second-order valence-corrected chi connectivity index (χ2v) is 9.10. The number of benzene rings is 3. The molecule has 8 nitrogen and oxygen atoms in total. The highest BCUT2D eigenvalue weighted by Gasteiger charge is 2.44. The molecule has 0 radical (unpaired) electrons. The Morgan fingerprint density at radius 3 is 2.47 bits per heavy atom. The molecular weight excluding hydrogens is 487 g/mol. The standard InChI is InChI=1S/C29H25FN4O4/c1-18(35)32-20-10-12-21(13-11-20)34-27(36)16-26(29(34)38)33(28(37)23-7-2-4-8-24(23)30)15-14-19-17-31-25-9-5-3-6-22(19)25/h2-13,17,26,31H,14-16H2,1H3,(H,32,35). The highest BCUT2D eigenvalue weighted by Crippen LogP contribution is 2.29. The average molecular weight is 513 g/mol. The molecule has 38 heavy (non-hydrogen) atoms. The number of anilines is 2. The summed E-state index contributed by atoms with van der Waals surface area (Å²) < 4.78 is 14.6. The third-order valence-electron chi connectivity index (χ3n) is 6.61. The van der Waals surface area contributed by atoms with Gasteiger partial charge < -0.3 is 15.2 Å². The van der Waals surface area contributed by atoms with E-state index in [-0.39, 0.29) is 24.4 Å². The monoisotopic (exact) mass is 512 g/mol. The predicted octanol–water partition coefficient (Wildman–Crippen LogP) is 4.28. The van der Waals surface area contributed by atoms with E-state index in [1.165, 1.54) is 30.0 Å². The van der Waals surface area contributed by atoms with E-state index in [0.29, 0.717) is 17.8 Å². The molecule has 9 heteroatoms. The number of aromatic nitrogens is 1. The molecule has 2 N–H and O–H groups in total. The van der Waals surface area contributed by atoms with Crippen LogP contribution in [0.3, 0.4) is 0 Å². The first-order chi connectivity index (χ1) is 18.3. The fourth-order valence-electron chi connectivity index (χ4n) is 4.80. The van der Waals surface area contributed by atoms with E-state index in [1.54, 1.807) is 30.3 Å². The number of nitrogens with zero attached hydrogens (tertiary/aromatic N) is 2. The summed E-state index contributed by atoms with van der Waals surface area (Å²) in [5, 5.41) is 3.62. The van der Waals surface area contributed by atoms with Gasteiger partial charge in [0.2, 0.25) is 11.8 Å². The van der Waals surface area contributed by atoms with Gasteiger partial charge in [0.25, 0.3) is 11.8 Å². The van der Waals surface area contributed by atoms with E-state index < -0.39 is 29.6 Å². The summed E-state index contributed by atoms with van der Waals surface area (Å²) in [6, 6.07) is 18.5. The zero-order chi connectivity index (χ0) is 26.8. The Balaban J connectivity index is 1.44. The molecule has 1 unspecified atom stereocenters. The molecule has 2 heterocycles. The molecule has 0 aliphatic carbocycles. The fraction of sp³-hybridized carbons (Fsp3) is 0.172. The van der Waals surface area contributed by atoms with Gasteiger partial charge in [0, 0.05) is 36.3 Å². The number of H-pyrrole nitrogens is 1. The smallest absolute Gasteiger partial charge is 0.257 e. The summed E-state index contributed by atoms with van der Waals surface area (Å²) >= 11 is 0. The van der Waals surface area contributed by atoms with E-state index in [4.69, 9.17) is 0 Å². The Bertz CT molecular complexity index is 1550. The van der Waals surface area contributed by atoms with Crippen molar-refractivity contribution in [2.75, 3.05) is 16.8 Å². The largest absolute Gasteiger partial charge is 0.361 e. The summed E-state index contributed by atoms with van der Waals surface area (Å²) in [5.41, 5.74) is 2.56. The molecule has 0 bridgehead atoms. The minimum absolute atomic E-state index is 0.105. The van der Waals surface area contributed by atoms with Crippen molar-refractivity contribution in [2.24, 2.45) is 0 Å². The number of aromatic amines is 1. The van der Waals surface area contributed by atoms with E-state index in [2.05, 4.69) is 10.3 Å². The molecule has 4 aromatic rings. The topological polar surface area (TPSA) is 103 Å². The summed E-state index contributed by atoms with van der Waals surface area (Å²) in [5.74, 6) is -2.63. The molecule has 1 aromatic heterocycles. The maximum Gasteiger partial charge on any atom is 0.257 e. The molecule has 1 atom stereocenters.